The van der Waals surface area contributed by atoms with Gasteiger partial charge in [-0.25, -0.2) is 4.39 Å². The number of nitrogens with zero attached hydrogens (tertiary/aromatic N) is 1. The van der Waals surface area contributed by atoms with E-state index in [-0.39, 0.29) is 17.6 Å². The number of hydrogen-bond donors (Lipinski definition) is 2. The smallest absolute Gasteiger partial charge is 0.251 e. The molecule has 3 aromatic carbocycles. The summed E-state index contributed by atoms with van der Waals surface area (Å²) in [5.74, 6) is -0.713. The largest absolute Gasteiger partial charge is 0.484 e. The van der Waals surface area contributed by atoms with Gasteiger partial charge in [-0.1, -0.05) is 30.3 Å². The number of amides is 2. The van der Waals surface area contributed by atoms with E-state index in [1.165, 1.54) is 12.1 Å². The zero-order chi connectivity index (χ0) is 25.1. The van der Waals surface area contributed by atoms with Gasteiger partial charge in [-0.2, -0.15) is 0 Å². The van der Waals surface area contributed by atoms with E-state index in [1.54, 1.807) is 37.6 Å². The third-order valence-corrected chi connectivity index (χ3v) is 6.29. The quantitative estimate of drug-likeness (QED) is 0.415. The lowest BCUT2D eigenvalue weighted by Crippen LogP contribution is -2.28. The van der Waals surface area contributed by atoms with Crippen LogP contribution in [0, 0.1) is 5.82 Å². The molecule has 0 radical (unpaired) electrons. The molecule has 1 aromatic heterocycles. The van der Waals surface area contributed by atoms with Crippen molar-refractivity contribution in [2.24, 2.45) is 0 Å². The van der Waals surface area contributed by atoms with Gasteiger partial charge in [0.1, 0.15) is 23.6 Å². The van der Waals surface area contributed by atoms with Gasteiger partial charge in [0.25, 0.3) is 5.91 Å². The summed E-state index contributed by atoms with van der Waals surface area (Å²) in [7, 11) is 1.58. The number of likely N-dealkylation sites (N-methyl/N-ethyl adjacent to an activating group) is 1. The molecule has 2 amide bonds. The van der Waals surface area contributed by atoms with Gasteiger partial charge in [-0.3, -0.25) is 14.6 Å². The zero-order valence-corrected chi connectivity index (χ0v) is 19.6. The Bertz CT molecular complexity index is 1410. The molecule has 0 spiro atoms. The first-order chi connectivity index (χ1) is 17.5. The zero-order valence-electron chi connectivity index (χ0n) is 19.6. The van der Waals surface area contributed by atoms with Crippen molar-refractivity contribution in [2.75, 3.05) is 7.05 Å². The number of carbonyl (C=O) groups excluding carboxylic acids is 2. The summed E-state index contributed by atoms with van der Waals surface area (Å²) in [5.41, 5.74) is 4.66. The second kappa shape index (κ2) is 10.00. The number of rotatable bonds is 6. The molecule has 1 aliphatic heterocycles. The fourth-order valence-electron chi connectivity index (χ4n) is 4.42. The molecule has 2 N–H and O–H groups in total. The fraction of sp³-hybridized carbons (Fsp3) is 0.138. The first-order valence-corrected chi connectivity index (χ1v) is 11.6. The van der Waals surface area contributed by atoms with Gasteiger partial charge >= 0.3 is 0 Å². The van der Waals surface area contributed by atoms with Crippen molar-refractivity contribution < 1.29 is 18.7 Å². The predicted octanol–water partition coefficient (Wildman–Crippen LogP) is 4.78. The highest BCUT2D eigenvalue weighted by Gasteiger charge is 2.40. The number of fused-ring (bicyclic) bond motifs is 1. The molecule has 4 aromatic rings. The Kier molecular flexibility index (Phi) is 6.45. The van der Waals surface area contributed by atoms with Gasteiger partial charge in [0.05, 0.1) is 0 Å². The number of hydrogen-bond acceptors (Lipinski definition) is 4. The minimum Gasteiger partial charge on any atom is -0.484 e. The average Bonchev–Trinajstić information content (AvgIpc) is 3.31. The van der Waals surface area contributed by atoms with Gasteiger partial charge in [0.2, 0.25) is 5.91 Å². The van der Waals surface area contributed by atoms with Crippen LogP contribution in [0.1, 0.15) is 39.1 Å². The van der Waals surface area contributed by atoms with Crippen LogP contribution in [0.15, 0.2) is 91.3 Å². The van der Waals surface area contributed by atoms with Crippen LogP contribution in [-0.2, 0) is 11.3 Å². The standard InChI is InChI=1S/C29H24FN3O3/c1-31-29(35)26-24-16-21(7-10-25(24)36-27(26)19-5-8-23(30)9-6-19)20-3-2-4-22(15-20)28(34)33-17-18-11-13-32-14-12-18/h2-16,26-27H,17H2,1H3,(H,31,35)(H,33,34). The molecule has 2 heterocycles. The summed E-state index contributed by atoms with van der Waals surface area (Å²) in [5, 5.41) is 5.65. The molecule has 0 fully saturated rings. The maximum Gasteiger partial charge on any atom is 0.251 e. The van der Waals surface area contributed by atoms with Crippen molar-refractivity contribution in [3.05, 3.63) is 119 Å². The molecule has 0 saturated heterocycles. The third-order valence-electron chi connectivity index (χ3n) is 6.29. The monoisotopic (exact) mass is 481 g/mol. The predicted molar refractivity (Wildman–Crippen MR) is 134 cm³/mol. The number of halogens is 1. The Morgan fingerprint density at radius 3 is 2.44 bits per heavy atom. The highest BCUT2D eigenvalue weighted by atomic mass is 19.1. The summed E-state index contributed by atoms with van der Waals surface area (Å²) in [4.78, 5) is 29.6. The summed E-state index contributed by atoms with van der Waals surface area (Å²) < 4.78 is 19.6. The van der Waals surface area contributed by atoms with E-state index in [0.29, 0.717) is 17.9 Å². The molecule has 180 valence electrons. The second-order valence-electron chi connectivity index (χ2n) is 8.55. The number of pyridine rings is 1. The van der Waals surface area contributed by atoms with E-state index in [2.05, 4.69) is 15.6 Å². The number of carbonyl (C=O) groups is 2. The van der Waals surface area contributed by atoms with Gasteiger partial charge in [0, 0.05) is 37.1 Å². The Morgan fingerprint density at radius 2 is 1.69 bits per heavy atom. The first kappa shape index (κ1) is 23.2. The molecule has 5 rings (SSSR count). The van der Waals surface area contributed by atoms with Crippen molar-refractivity contribution in [2.45, 2.75) is 18.6 Å². The van der Waals surface area contributed by atoms with Crippen LogP contribution in [0.3, 0.4) is 0 Å². The van der Waals surface area contributed by atoms with E-state index < -0.39 is 12.0 Å². The SMILES string of the molecule is CNC(=O)C1c2cc(-c3cccc(C(=O)NCc4ccncc4)c3)ccc2OC1c1ccc(F)cc1. The highest BCUT2D eigenvalue weighted by Crippen LogP contribution is 2.47. The number of benzene rings is 3. The number of aromatic nitrogens is 1. The van der Waals surface area contributed by atoms with Gasteiger partial charge in [-0.05, 0) is 70.8 Å². The maximum atomic E-state index is 13.5. The van der Waals surface area contributed by atoms with Crippen molar-refractivity contribution in [3.8, 4) is 16.9 Å². The molecule has 0 bridgehead atoms. The number of ether oxygens (including phenoxy) is 1. The van der Waals surface area contributed by atoms with Crippen molar-refractivity contribution >= 4 is 11.8 Å². The Balaban J connectivity index is 1.42. The van der Waals surface area contributed by atoms with Gasteiger partial charge in [-0.15, -0.1) is 0 Å². The maximum absolute atomic E-state index is 13.5. The molecule has 7 heteroatoms. The van der Waals surface area contributed by atoms with Crippen LogP contribution >= 0.6 is 0 Å². The minimum atomic E-state index is -0.595. The van der Waals surface area contributed by atoms with E-state index in [1.807, 2.05) is 48.5 Å². The lowest BCUT2D eigenvalue weighted by atomic mass is 9.88. The van der Waals surface area contributed by atoms with Gasteiger partial charge < -0.3 is 15.4 Å². The van der Waals surface area contributed by atoms with E-state index >= 15 is 0 Å². The van der Waals surface area contributed by atoms with Crippen molar-refractivity contribution in [1.29, 1.82) is 0 Å². The van der Waals surface area contributed by atoms with Crippen LogP contribution in [0.4, 0.5) is 4.39 Å². The van der Waals surface area contributed by atoms with Crippen LogP contribution in [0.25, 0.3) is 11.1 Å². The molecule has 2 unspecified atom stereocenters. The lowest BCUT2D eigenvalue weighted by Gasteiger charge is -2.18. The normalized spacial score (nSPS) is 16.1. The molecule has 36 heavy (non-hydrogen) atoms. The van der Waals surface area contributed by atoms with E-state index in [0.717, 1.165) is 27.8 Å². The summed E-state index contributed by atoms with van der Waals surface area (Å²) in [6.07, 6.45) is 2.81. The summed E-state index contributed by atoms with van der Waals surface area (Å²) >= 11 is 0. The molecule has 1 aliphatic rings. The third kappa shape index (κ3) is 4.68. The Hall–Kier alpha value is -4.52. The van der Waals surface area contributed by atoms with Crippen molar-refractivity contribution in [3.63, 3.8) is 0 Å². The topological polar surface area (TPSA) is 80.3 Å². The minimum absolute atomic E-state index is 0.183. The first-order valence-electron chi connectivity index (χ1n) is 11.6. The van der Waals surface area contributed by atoms with Crippen LogP contribution in [-0.4, -0.2) is 23.8 Å². The Morgan fingerprint density at radius 1 is 0.944 bits per heavy atom. The molecular formula is C29H24FN3O3. The Labute approximate surface area is 208 Å². The van der Waals surface area contributed by atoms with E-state index in [9.17, 15) is 14.0 Å². The van der Waals surface area contributed by atoms with Crippen LogP contribution in [0.5, 0.6) is 5.75 Å². The van der Waals surface area contributed by atoms with E-state index in [4.69, 9.17) is 4.74 Å². The number of nitrogens with one attached hydrogen (secondary N) is 2. The van der Waals surface area contributed by atoms with Crippen LogP contribution in [0.2, 0.25) is 0 Å². The summed E-state index contributed by atoms with van der Waals surface area (Å²) in [6, 6.07) is 22.7. The fourth-order valence-corrected chi connectivity index (χ4v) is 4.42. The van der Waals surface area contributed by atoms with Crippen molar-refractivity contribution in [1.82, 2.24) is 15.6 Å². The second-order valence-corrected chi connectivity index (χ2v) is 8.55. The average molecular weight is 482 g/mol. The summed E-state index contributed by atoms with van der Waals surface area (Å²) in [6.45, 7) is 0.403. The lowest BCUT2D eigenvalue weighted by molar-refractivity contribution is -0.123. The molecule has 6 nitrogen and oxygen atoms in total. The molecular weight excluding hydrogens is 457 g/mol. The molecule has 2 atom stereocenters. The van der Waals surface area contributed by atoms with Gasteiger partial charge in [0.15, 0.2) is 0 Å². The molecule has 0 aliphatic carbocycles. The molecule has 0 saturated carbocycles. The van der Waals surface area contributed by atoms with Crippen LogP contribution < -0.4 is 15.4 Å². The highest BCUT2D eigenvalue weighted by molar-refractivity contribution is 5.95.